The van der Waals surface area contributed by atoms with Gasteiger partial charge in [0.25, 0.3) is 0 Å². The van der Waals surface area contributed by atoms with Crippen LogP contribution in [0, 0.1) is 0 Å². The number of hydrogen-bond donors (Lipinski definition) is 0. The lowest BCUT2D eigenvalue weighted by Gasteiger charge is -2.10. The van der Waals surface area contributed by atoms with Gasteiger partial charge in [0.2, 0.25) is 11.8 Å². The van der Waals surface area contributed by atoms with E-state index in [1.54, 1.807) is 19.5 Å². The van der Waals surface area contributed by atoms with E-state index in [0.29, 0.717) is 33.3 Å². The van der Waals surface area contributed by atoms with Crippen molar-refractivity contribution in [2.45, 2.75) is 10.9 Å². The van der Waals surface area contributed by atoms with E-state index in [1.807, 2.05) is 47.0 Å². The molecule has 9 heteroatoms. The van der Waals surface area contributed by atoms with Gasteiger partial charge in [-0.1, -0.05) is 47.6 Å². The second-order valence-electron chi connectivity index (χ2n) is 5.42. The van der Waals surface area contributed by atoms with E-state index in [2.05, 4.69) is 20.4 Å². The zero-order valence-electron chi connectivity index (χ0n) is 14.2. The number of para-hydroxylation sites is 2. The van der Waals surface area contributed by atoms with E-state index in [9.17, 15) is 0 Å². The van der Waals surface area contributed by atoms with E-state index >= 15 is 0 Å². The van der Waals surface area contributed by atoms with Crippen molar-refractivity contribution in [1.82, 2.24) is 25.0 Å². The second-order valence-corrected chi connectivity index (χ2v) is 6.77. The van der Waals surface area contributed by atoms with Gasteiger partial charge in [-0.15, -0.1) is 20.4 Å². The number of aromatic nitrogens is 5. The van der Waals surface area contributed by atoms with Crippen LogP contribution in [0.3, 0.4) is 0 Å². The number of rotatable bonds is 6. The third-order valence-corrected chi connectivity index (χ3v) is 5.01. The summed E-state index contributed by atoms with van der Waals surface area (Å²) in [6.45, 7) is 0. The van der Waals surface area contributed by atoms with Gasteiger partial charge in [0.15, 0.2) is 5.16 Å². The molecule has 0 radical (unpaired) electrons. The maximum atomic E-state index is 6.18. The Balaban J connectivity index is 1.53. The van der Waals surface area contributed by atoms with Crippen molar-refractivity contribution in [2.24, 2.45) is 0 Å². The smallest absolute Gasteiger partial charge is 0.249 e. The highest BCUT2D eigenvalue weighted by Crippen LogP contribution is 2.30. The summed E-state index contributed by atoms with van der Waals surface area (Å²) in [7, 11) is 1.63. The van der Waals surface area contributed by atoms with Crippen LogP contribution in [-0.4, -0.2) is 32.1 Å². The quantitative estimate of drug-likeness (QED) is 0.448. The molecule has 2 aromatic carbocycles. The third-order valence-electron chi connectivity index (χ3n) is 3.76. The van der Waals surface area contributed by atoms with Gasteiger partial charge in [0, 0.05) is 0 Å². The Morgan fingerprint density at radius 3 is 2.74 bits per heavy atom. The van der Waals surface area contributed by atoms with E-state index in [0.717, 1.165) is 11.4 Å². The summed E-state index contributed by atoms with van der Waals surface area (Å²) in [6, 6.07) is 15.0. The van der Waals surface area contributed by atoms with Crippen LogP contribution in [0.25, 0.3) is 17.1 Å². The number of nitrogens with zero attached hydrogens (tertiary/aromatic N) is 5. The van der Waals surface area contributed by atoms with E-state index < -0.39 is 0 Å². The lowest BCUT2D eigenvalue weighted by molar-refractivity contribution is 0.412. The van der Waals surface area contributed by atoms with Gasteiger partial charge in [-0.05, 0) is 24.3 Å². The molecule has 0 unspecified atom stereocenters. The molecule has 0 bridgehead atoms. The Bertz CT molecular complexity index is 1070. The van der Waals surface area contributed by atoms with Crippen molar-refractivity contribution >= 4 is 23.4 Å². The van der Waals surface area contributed by atoms with Crippen molar-refractivity contribution < 1.29 is 9.15 Å². The van der Waals surface area contributed by atoms with E-state index in [-0.39, 0.29) is 0 Å². The molecule has 0 fully saturated rings. The maximum Gasteiger partial charge on any atom is 0.249 e. The molecule has 0 aliphatic carbocycles. The molecule has 7 nitrogen and oxygen atoms in total. The number of methoxy groups -OCH3 is 1. The zero-order valence-corrected chi connectivity index (χ0v) is 15.8. The van der Waals surface area contributed by atoms with Crippen molar-refractivity contribution in [3.63, 3.8) is 0 Å². The number of benzene rings is 2. The van der Waals surface area contributed by atoms with Crippen LogP contribution in [0.1, 0.15) is 5.89 Å². The SMILES string of the molecule is COc1ccccc1-n1cnnc1SCc1nnc(-c2ccccc2Cl)o1. The molecule has 0 saturated carbocycles. The van der Waals surface area contributed by atoms with E-state index in [4.69, 9.17) is 20.8 Å². The Morgan fingerprint density at radius 1 is 1.07 bits per heavy atom. The molecular weight excluding hydrogens is 386 g/mol. The molecule has 4 aromatic rings. The van der Waals surface area contributed by atoms with Crippen molar-refractivity contribution in [3.8, 4) is 22.9 Å². The normalized spacial score (nSPS) is 10.9. The van der Waals surface area contributed by atoms with Crippen molar-refractivity contribution in [1.29, 1.82) is 0 Å². The average molecular weight is 400 g/mol. The summed E-state index contributed by atoms with van der Waals surface area (Å²) in [5.74, 6) is 2.05. The fourth-order valence-corrected chi connectivity index (χ4v) is 3.47. The molecule has 4 rings (SSSR count). The van der Waals surface area contributed by atoms with Gasteiger partial charge >= 0.3 is 0 Å². The molecular formula is C18H14ClN5O2S. The standard InChI is InChI=1S/C18H14ClN5O2S/c1-25-15-9-5-4-8-14(15)24-11-20-23-18(24)27-10-16-21-22-17(26-16)12-6-2-3-7-13(12)19/h2-9,11H,10H2,1H3. The Kier molecular flexibility index (Phi) is 5.08. The van der Waals surface area contributed by atoms with Crippen LogP contribution in [-0.2, 0) is 5.75 Å². The van der Waals surface area contributed by atoms with Gasteiger partial charge < -0.3 is 9.15 Å². The van der Waals surface area contributed by atoms with Gasteiger partial charge in [-0.25, -0.2) is 0 Å². The van der Waals surface area contributed by atoms with Gasteiger partial charge in [0.1, 0.15) is 12.1 Å². The van der Waals surface area contributed by atoms with Gasteiger partial charge in [-0.3, -0.25) is 4.57 Å². The number of thioether (sulfide) groups is 1. The van der Waals surface area contributed by atoms with Gasteiger partial charge in [-0.2, -0.15) is 0 Å². The first kappa shape index (κ1) is 17.6. The monoisotopic (exact) mass is 399 g/mol. The summed E-state index contributed by atoms with van der Waals surface area (Å²) >= 11 is 7.62. The lowest BCUT2D eigenvalue weighted by Crippen LogP contribution is -1.98. The molecule has 0 atom stereocenters. The van der Waals surface area contributed by atoms with Crippen LogP contribution in [0.4, 0.5) is 0 Å². The fraction of sp³-hybridized carbons (Fsp3) is 0.111. The van der Waals surface area contributed by atoms with Crippen LogP contribution in [0.2, 0.25) is 5.02 Å². The zero-order chi connectivity index (χ0) is 18.6. The lowest BCUT2D eigenvalue weighted by atomic mass is 10.2. The molecule has 0 amide bonds. The highest BCUT2D eigenvalue weighted by Gasteiger charge is 2.15. The van der Waals surface area contributed by atoms with Crippen LogP contribution in [0.15, 0.2) is 64.4 Å². The first-order valence-corrected chi connectivity index (χ1v) is 9.36. The number of halogens is 1. The number of hydrogen-bond acceptors (Lipinski definition) is 7. The van der Waals surface area contributed by atoms with Gasteiger partial charge in [0.05, 0.1) is 29.1 Å². The Labute approximate surface area is 164 Å². The highest BCUT2D eigenvalue weighted by atomic mass is 35.5. The van der Waals surface area contributed by atoms with E-state index in [1.165, 1.54) is 11.8 Å². The average Bonchev–Trinajstić information content (AvgIpc) is 3.36. The summed E-state index contributed by atoms with van der Waals surface area (Å²) in [6.07, 6.45) is 1.64. The molecule has 0 N–H and O–H groups in total. The molecule has 0 aliphatic rings. The summed E-state index contributed by atoms with van der Waals surface area (Å²) in [5.41, 5.74) is 1.56. The molecule has 2 heterocycles. The maximum absolute atomic E-state index is 6.18. The minimum absolute atomic E-state index is 0.391. The minimum atomic E-state index is 0.391. The predicted molar refractivity (Wildman–Crippen MR) is 102 cm³/mol. The predicted octanol–water partition coefficient (Wildman–Crippen LogP) is 4.27. The van der Waals surface area contributed by atoms with Crippen molar-refractivity contribution in [2.75, 3.05) is 7.11 Å². The number of ether oxygens (including phenoxy) is 1. The Morgan fingerprint density at radius 2 is 1.89 bits per heavy atom. The fourth-order valence-electron chi connectivity index (χ4n) is 2.50. The largest absolute Gasteiger partial charge is 0.495 e. The molecule has 0 spiro atoms. The first-order chi connectivity index (χ1) is 13.3. The first-order valence-electron chi connectivity index (χ1n) is 8.00. The molecule has 0 saturated heterocycles. The summed E-state index contributed by atoms with van der Waals surface area (Å²) in [4.78, 5) is 0. The molecule has 0 aliphatic heterocycles. The third kappa shape index (κ3) is 3.67. The van der Waals surface area contributed by atoms with Crippen molar-refractivity contribution in [3.05, 3.63) is 65.8 Å². The van der Waals surface area contributed by atoms with Crippen LogP contribution in [0.5, 0.6) is 5.75 Å². The molecule has 27 heavy (non-hydrogen) atoms. The topological polar surface area (TPSA) is 78.9 Å². The molecule has 136 valence electrons. The Hall–Kier alpha value is -2.84. The van der Waals surface area contributed by atoms with Crippen LogP contribution >= 0.6 is 23.4 Å². The minimum Gasteiger partial charge on any atom is -0.495 e. The second kappa shape index (κ2) is 7.81. The highest BCUT2D eigenvalue weighted by molar-refractivity contribution is 7.98. The van der Waals surface area contributed by atoms with Crippen LogP contribution < -0.4 is 4.74 Å². The molecule has 2 aromatic heterocycles. The summed E-state index contributed by atoms with van der Waals surface area (Å²) in [5, 5.41) is 17.6. The summed E-state index contributed by atoms with van der Waals surface area (Å²) < 4.78 is 13.0.